The molecule has 0 bridgehead atoms. The molecule has 2 aromatic carbocycles. The number of ether oxygens (including phenoxy) is 3. The predicted octanol–water partition coefficient (Wildman–Crippen LogP) is 2.78. The summed E-state index contributed by atoms with van der Waals surface area (Å²) in [6.07, 6.45) is 1.04. The fourth-order valence-electron chi connectivity index (χ4n) is 3.63. The van der Waals surface area contributed by atoms with Crippen LogP contribution in [0.5, 0.6) is 17.2 Å². The van der Waals surface area contributed by atoms with Crippen molar-refractivity contribution < 1.29 is 19.0 Å². The van der Waals surface area contributed by atoms with Gasteiger partial charge in [0.15, 0.2) is 11.5 Å². The van der Waals surface area contributed by atoms with Crippen molar-refractivity contribution in [3.63, 3.8) is 0 Å². The number of rotatable bonds is 8. The van der Waals surface area contributed by atoms with Gasteiger partial charge in [0.2, 0.25) is 5.75 Å². The van der Waals surface area contributed by atoms with Crippen molar-refractivity contribution in [3.05, 3.63) is 53.6 Å². The second-order valence-electron chi connectivity index (χ2n) is 7.26. The van der Waals surface area contributed by atoms with Crippen LogP contribution < -0.4 is 19.5 Å². The minimum atomic E-state index is -0.0496. The third kappa shape index (κ3) is 5.57. The fourth-order valence-corrected chi connectivity index (χ4v) is 3.63. The lowest BCUT2D eigenvalue weighted by atomic mass is 10.1. The molecule has 1 aliphatic rings. The molecule has 1 aliphatic heterocycles. The van der Waals surface area contributed by atoms with Crippen molar-refractivity contribution in [2.24, 2.45) is 0 Å². The SMILES string of the molecule is COc1cc(CNC(=O)N2CCN(CCc3ccccc3)CC2)cc(OC)c1OC. The summed E-state index contributed by atoms with van der Waals surface area (Å²) in [5.74, 6) is 1.70. The molecule has 1 fully saturated rings. The molecule has 30 heavy (non-hydrogen) atoms. The lowest BCUT2D eigenvalue weighted by Gasteiger charge is -2.34. The van der Waals surface area contributed by atoms with Crippen LogP contribution >= 0.6 is 0 Å². The second kappa shape index (κ2) is 10.7. The van der Waals surface area contributed by atoms with Gasteiger partial charge >= 0.3 is 6.03 Å². The van der Waals surface area contributed by atoms with Crippen LogP contribution in [0.2, 0.25) is 0 Å². The molecule has 162 valence electrons. The molecule has 7 nitrogen and oxygen atoms in total. The lowest BCUT2D eigenvalue weighted by molar-refractivity contribution is 0.140. The van der Waals surface area contributed by atoms with Crippen molar-refractivity contribution in [2.75, 3.05) is 54.1 Å². The summed E-state index contributed by atoms with van der Waals surface area (Å²) in [5, 5.41) is 3.00. The average Bonchev–Trinajstić information content (AvgIpc) is 2.81. The summed E-state index contributed by atoms with van der Waals surface area (Å²) in [7, 11) is 4.73. The third-order valence-electron chi connectivity index (χ3n) is 5.39. The minimum absolute atomic E-state index is 0.0496. The van der Waals surface area contributed by atoms with E-state index >= 15 is 0 Å². The van der Waals surface area contributed by atoms with Gasteiger partial charge in [-0.2, -0.15) is 0 Å². The Bertz CT molecular complexity index is 795. The van der Waals surface area contributed by atoms with E-state index in [9.17, 15) is 4.79 Å². The Kier molecular flexibility index (Phi) is 7.79. The highest BCUT2D eigenvalue weighted by Gasteiger charge is 2.21. The van der Waals surface area contributed by atoms with Gasteiger partial charge in [-0.15, -0.1) is 0 Å². The molecular formula is C23H31N3O4. The van der Waals surface area contributed by atoms with Gasteiger partial charge in [-0.05, 0) is 29.7 Å². The van der Waals surface area contributed by atoms with Crippen LogP contribution in [-0.4, -0.2) is 69.9 Å². The molecular weight excluding hydrogens is 382 g/mol. The van der Waals surface area contributed by atoms with E-state index < -0.39 is 0 Å². The van der Waals surface area contributed by atoms with Crippen LogP contribution in [0.3, 0.4) is 0 Å². The topological polar surface area (TPSA) is 63.3 Å². The maximum atomic E-state index is 12.6. The summed E-state index contributed by atoms with van der Waals surface area (Å²) in [5.41, 5.74) is 2.24. The normalized spacial score (nSPS) is 14.3. The van der Waals surface area contributed by atoms with E-state index in [1.807, 2.05) is 23.1 Å². The van der Waals surface area contributed by atoms with Crippen molar-refractivity contribution in [2.45, 2.75) is 13.0 Å². The first kappa shape index (κ1) is 21.8. The number of nitrogens with zero attached hydrogens (tertiary/aromatic N) is 2. The zero-order valence-electron chi connectivity index (χ0n) is 18.0. The van der Waals surface area contributed by atoms with Crippen LogP contribution in [0.1, 0.15) is 11.1 Å². The summed E-state index contributed by atoms with van der Waals surface area (Å²) >= 11 is 0. The van der Waals surface area contributed by atoms with Crippen LogP contribution in [0.25, 0.3) is 0 Å². The van der Waals surface area contributed by atoms with Crippen LogP contribution in [-0.2, 0) is 13.0 Å². The van der Waals surface area contributed by atoms with Gasteiger partial charge in [0.05, 0.1) is 21.3 Å². The summed E-state index contributed by atoms with van der Waals surface area (Å²) in [6.45, 7) is 4.66. The van der Waals surface area contributed by atoms with Gasteiger partial charge in [0, 0.05) is 39.3 Å². The Labute approximate surface area is 178 Å². The number of carbonyl (C=O) groups is 1. The zero-order chi connectivity index (χ0) is 21.3. The molecule has 0 aromatic heterocycles. The molecule has 7 heteroatoms. The van der Waals surface area contributed by atoms with E-state index in [2.05, 4.69) is 34.5 Å². The number of hydrogen-bond acceptors (Lipinski definition) is 5. The van der Waals surface area contributed by atoms with E-state index in [-0.39, 0.29) is 6.03 Å². The lowest BCUT2D eigenvalue weighted by Crippen LogP contribution is -2.51. The summed E-state index contributed by atoms with van der Waals surface area (Å²) in [6, 6.07) is 14.2. The standard InChI is InChI=1S/C23H31N3O4/c1-28-20-15-19(16-21(29-2)22(20)30-3)17-24-23(27)26-13-11-25(12-14-26)10-9-18-7-5-4-6-8-18/h4-8,15-16H,9-14,17H2,1-3H3,(H,24,27). The molecule has 0 saturated carbocycles. The van der Waals surface area contributed by atoms with Gasteiger partial charge < -0.3 is 24.4 Å². The molecule has 1 N–H and O–H groups in total. The Morgan fingerprint density at radius 1 is 0.900 bits per heavy atom. The molecule has 0 unspecified atom stereocenters. The van der Waals surface area contributed by atoms with Crippen molar-refractivity contribution in [1.29, 1.82) is 0 Å². The van der Waals surface area contributed by atoms with E-state index in [0.717, 1.165) is 44.7 Å². The smallest absolute Gasteiger partial charge is 0.317 e. The predicted molar refractivity (Wildman–Crippen MR) is 116 cm³/mol. The number of hydrogen-bond donors (Lipinski definition) is 1. The second-order valence-corrected chi connectivity index (χ2v) is 7.26. The van der Waals surface area contributed by atoms with Gasteiger partial charge in [-0.25, -0.2) is 4.79 Å². The van der Waals surface area contributed by atoms with E-state index in [1.54, 1.807) is 21.3 Å². The fraction of sp³-hybridized carbons (Fsp3) is 0.435. The van der Waals surface area contributed by atoms with Crippen LogP contribution in [0, 0.1) is 0 Å². The third-order valence-corrected chi connectivity index (χ3v) is 5.39. The molecule has 1 heterocycles. The van der Waals surface area contributed by atoms with Gasteiger partial charge in [0.25, 0.3) is 0 Å². The number of urea groups is 1. The molecule has 0 radical (unpaired) electrons. The monoisotopic (exact) mass is 413 g/mol. The summed E-state index contributed by atoms with van der Waals surface area (Å²) < 4.78 is 16.1. The van der Waals surface area contributed by atoms with Gasteiger partial charge in [-0.3, -0.25) is 4.90 Å². The molecule has 3 rings (SSSR count). The van der Waals surface area contributed by atoms with Crippen molar-refractivity contribution in [1.82, 2.24) is 15.1 Å². The number of nitrogens with one attached hydrogen (secondary N) is 1. The minimum Gasteiger partial charge on any atom is -0.493 e. The first-order valence-corrected chi connectivity index (χ1v) is 10.2. The molecule has 2 aromatic rings. The number of piperazine rings is 1. The molecule has 1 saturated heterocycles. The highest BCUT2D eigenvalue weighted by atomic mass is 16.5. The zero-order valence-corrected chi connectivity index (χ0v) is 18.0. The van der Waals surface area contributed by atoms with Crippen molar-refractivity contribution in [3.8, 4) is 17.2 Å². The number of benzene rings is 2. The first-order chi connectivity index (χ1) is 14.6. The Hall–Kier alpha value is -2.93. The van der Waals surface area contributed by atoms with Gasteiger partial charge in [-0.1, -0.05) is 30.3 Å². The quantitative estimate of drug-likeness (QED) is 0.721. The van der Waals surface area contributed by atoms with E-state index in [1.165, 1.54) is 5.56 Å². The van der Waals surface area contributed by atoms with E-state index in [4.69, 9.17) is 14.2 Å². The van der Waals surface area contributed by atoms with Crippen LogP contribution in [0.15, 0.2) is 42.5 Å². The number of methoxy groups -OCH3 is 3. The average molecular weight is 414 g/mol. The van der Waals surface area contributed by atoms with Crippen LogP contribution in [0.4, 0.5) is 4.79 Å². The first-order valence-electron chi connectivity index (χ1n) is 10.2. The van der Waals surface area contributed by atoms with E-state index in [0.29, 0.717) is 23.8 Å². The number of carbonyl (C=O) groups excluding carboxylic acids is 1. The summed E-state index contributed by atoms with van der Waals surface area (Å²) in [4.78, 5) is 16.9. The highest BCUT2D eigenvalue weighted by Crippen LogP contribution is 2.38. The van der Waals surface area contributed by atoms with Gasteiger partial charge in [0.1, 0.15) is 0 Å². The Morgan fingerprint density at radius 3 is 2.10 bits per heavy atom. The molecule has 0 aliphatic carbocycles. The van der Waals surface area contributed by atoms with Crippen molar-refractivity contribution >= 4 is 6.03 Å². The maximum absolute atomic E-state index is 12.6. The maximum Gasteiger partial charge on any atom is 0.317 e. The molecule has 0 spiro atoms. The number of amides is 2. The largest absolute Gasteiger partial charge is 0.493 e. The Morgan fingerprint density at radius 2 is 1.53 bits per heavy atom. The Balaban J connectivity index is 1.47. The molecule has 0 atom stereocenters. The highest BCUT2D eigenvalue weighted by molar-refractivity contribution is 5.74. The molecule has 2 amide bonds.